The first-order valence-electron chi connectivity index (χ1n) is 9.53. The number of hydrogen-bond donors (Lipinski definition) is 1. The van der Waals surface area contributed by atoms with Gasteiger partial charge in [0.2, 0.25) is 0 Å². The van der Waals surface area contributed by atoms with Gasteiger partial charge in [0.15, 0.2) is 5.96 Å². The Bertz CT molecular complexity index is 530. The number of aliphatic imine (C=N–C) groups is 1. The van der Waals surface area contributed by atoms with E-state index in [1.807, 2.05) is 7.05 Å². The summed E-state index contributed by atoms with van der Waals surface area (Å²) in [7, 11) is 1.91. The zero-order chi connectivity index (χ0) is 16.8. The van der Waals surface area contributed by atoms with Crippen molar-refractivity contribution >= 4 is 29.9 Å². The molecule has 2 fully saturated rings. The molecule has 5 heteroatoms. The summed E-state index contributed by atoms with van der Waals surface area (Å²) in [6, 6.07) is 11.7. The summed E-state index contributed by atoms with van der Waals surface area (Å²) in [5.74, 6) is 1.82. The zero-order valence-corrected chi connectivity index (χ0v) is 18.0. The largest absolute Gasteiger partial charge is 0.355 e. The third-order valence-electron chi connectivity index (χ3n) is 5.32. The third kappa shape index (κ3) is 6.13. The molecule has 1 atom stereocenters. The van der Waals surface area contributed by atoms with Crippen LogP contribution in [0.1, 0.15) is 31.7 Å². The van der Waals surface area contributed by atoms with Crippen LogP contribution in [-0.2, 0) is 6.42 Å². The van der Waals surface area contributed by atoms with Crippen LogP contribution >= 0.6 is 24.0 Å². The molecule has 0 aromatic heterocycles. The van der Waals surface area contributed by atoms with Crippen molar-refractivity contribution in [3.8, 4) is 0 Å². The summed E-state index contributed by atoms with van der Waals surface area (Å²) in [6.07, 6.45) is 5.21. The molecule has 1 saturated carbocycles. The standard InChI is InChI=1S/C20H32N4.HI/c1-3-23(19-9-10-19)14-12-22-20(21-2)24-13-11-18(16-24)15-17-7-5-4-6-8-17;/h4-8,18-19H,3,9-16H2,1-2H3,(H,21,22);1H. The molecular formula is C20H33IN4. The summed E-state index contributed by atoms with van der Waals surface area (Å²) < 4.78 is 0. The normalized spacial score (nSPS) is 20.7. The molecule has 0 radical (unpaired) electrons. The Morgan fingerprint density at radius 2 is 2.00 bits per heavy atom. The van der Waals surface area contributed by atoms with Crippen molar-refractivity contribution < 1.29 is 0 Å². The second kappa shape index (κ2) is 10.4. The number of benzene rings is 1. The summed E-state index contributed by atoms with van der Waals surface area (Å²) >= 11 is 0. The number of nitrogens with one attached hydrogen (secondary N) is 1. The number of hydrogen-bond acceptors (Lipinski definition) is 2. The second-order valence-corrected chi connectivity index (χ2v) is 7.12. The summed E-state index contributed by atoms with van der Waals surface area (Å²) in [5, 5.41) is 3.58. The number of likely N-dealkylation sites (tertiary alicyclic amines) is 1. The van der Waals surface area contributed by atoms with E-state index in [1.165, 1.54) is 31.2 Å². The third-order valence-corrected chi connectivity index (χ3v) is 5.32. The summed E-state index contributed by atoms with van der Waals surface area (Å²) in [6.45, 7) is 7.79. The van der Waals surface area contributed by atoms with Gasteiger partial charge >= 0.3 is 0 Å². The molecule has 2 aliphatic rings. The lowest BCUT2D eigenvalue weighted by Crippen LogP contribution is -2.43. The maximum atomic E-state index is 4.51. The van der Waals surface area contributed by atoms with Crippen LogP contribution in [0.15, 0.2) is 35.3 Å². The zero-order valence-electron chi connectivity index (χ0n) is 15.7. The molecule has 140 valence electrons. The highest BCUT2D eigenvalue weighted by atomic mass is 127. The lowest BCUT2D eigenvalue weighted by Gasteiger charge is -2.24. The van der Waals surface area contributed by atoms with E-state index in [1.54, 1.807) is 0 Å². The summed E-state index contributed by atoms with van der Waals surface area (Å²) in [4.78, 5) is 9.52. The van der Waals surface area contributed by atoms with Gasteiger partial charge in [-0.05, 0) is 43.7 Å². The fraction of sp³-hybridized carbons (Fsp3) is 0.650. The van der Waals surface area contributed by atoms with Crippen molar-refractivity contribution in [1.29, 1.82) is 0 Å². The molecule has 1 heterocycles. The van der Waals surface area contributed by atoms with Crippen LogP contribution in [0.25, 0.3) is 0 Å². The molecule has 1 N–H and O–H groups in total. The smallest absolute Gasteiger partial charge is 0.193 e. The molecule has 0 spiro atoms. The topological polar surface area (TPSA) is 30.9 Å². The number of likely N-dealkylation sites (N-methyl/N-ethyl adjacent to an activating group) is 1. The lowest BCUT2D eigenvalue weighted by atomic mass is 9.99. The first-order valence-corrected chi connectivity index (χ1v) is 9.53. The molecule has 3 rings (SSSR count). The van der Waals surface area contributed by atoms with E-state index in [4.69, 9.17) is 0 Å². The van der Waals surface area contributed by atoms with Crippen molar-refractivity contribution in [3.05, 3.63) is 35.9 Å². The SMILES string of the molecule is CCN(CCNC(=NC)N1CCC(Cc2ccccc2)C1)C1CC1.I. The molecule has 4 nitrogen and oxygen atoms in total. The molecular weight excluding hydrogens is 423 g/mol. The van der Waals surface area contributed by atoms with Gasteiger partial charge in [0.1, 0.15) is 0 Å². The van der Waals surface area contributed by atoms with Gasteiger partial charge in [0.25, 0.3) is 0 Å². The van der Waals surface area contributed by atoms with Crippen LogP contribution in [0.3, 0.4) is 0 Å². The molecule has 1 saturated heterocycles. The number of rotatable bonds is 7. The van der Waals surface area contributed by atoms with E-state index in [2.05, 4.69) is 57.4 Å². The van der Waals surface area contributed by atoms with E-state index in [0.717, 1.165) is 50.6 Å². The molecule has 1 unspecified atom stereocenters. The second-order valence-electron chi connectivity index (χ2n) is 7.12. The molecule has 1 aromatic rings. The minimum Gasteiger partial charge on any atom is -0.355 e. The quantitative estimate of drug-likeness (QED) is 0.389. The van der Waals surface area contributed by atoms with E-state index in [0.29, 0.717) is 0 Å². The Labute approximate surface area is 170 Å². The monoisotopic (exact) mass is 456 g/mol. The van der Waals surface area contributed by atoms with Gasteiger partial charge in [-0.3, -0.25) is 9.89 Å². The Hall–Kier alpha value is -0.820. The van der Waals surface area contributed by atoms with Gasteiger partial charge in [-0.1, -0.05) is 37.3 Å². The van der Waals surface area contributed by atoms with E-state index >= 15 is 0 Å². The molecule has 1 aliphatic carbocycles. The van der Waals surface area contributed by atoms with Gasteiger partial charge < -0.3 is 10.2 Å². The van der Waals surface area contributed by atoms with Gasteiger partial charge in [0, 0.05) is 39.3 Å². The highest BCUT2D eigenvalue weighted by Crippen LogP contribution is 2.26. The van der Waals surface area contributed by atoms with Gasteiger partial charge in [-0.15, -0.1) is 24.0 Å². The maximum Gasteiger partial charge on any atom is 0.193 e. The Balaban J connectivity index is 0.00000225. The molecule has 25 heavy (non-hydrogen) atoms. The van der Waals surface area contributed by atoms with Crippen LogP contribution in [0.2, 0.25) is 0 Å². The molecule has 1 aromatic carbocycles. The van der Waals surface area contributed by atoms with Crippen LogP contribution in [0.5, 0.6) is 0 Å². The number of halogens is 1. The fourth-order valence-corrected chi connectivity index (χ4v) is 3.82. The van der Waals surface area contributed by atoms with Crippen LogP contribution in [0, 0.1) is 5.92 Å². The summed E-state index contributed by atoms with van der Waals surface area (Å²) in [5.41, 5.74) is 1.45. The maximum absolute atomic E-state index is 4.51. The van der Waals surface area contributed by atoms with Crippen molar-refractivity contribution in [3.63, 3.8) is 0 Å². The van der Waals surface area contributed by atoms with Crippen molar-refractivity contribution in [2.75, 3.05) is 39.8 Å². The Morgan fingerprint density at radius 3 is 2.64 bits per heavy atom. The predicted molar refractivity (Wildman–Crippen MR) is 117 cm³/mol. The number of guanidine groups is 1. The van der Waals surface area contributed by atoms with Crippen molar-refractivity contribution in [1.82, 2.24) is 15.1 Å². The minimum absolute atomic E-state index is 0. The highest BCUT2D eigenvalue weighted by Gasteiger charge is 2.28. The first-order chi connectivity index (χ1) is 11.8. The lowest BCUT2D eigenvalue weighted by molar-refractivity contribution is 0.280. The van der Waals surface area contributed by atoms with Crippen molar-refractivity contribution in [2.45, 2.75) is 38.6 Å². The molecule has 0 bridgehead atoms. The van der Waals surface area contributed by atoms with Gasteiger partial charge in [0.05, 0.1) is 0 Å². The van der Waals surface area contributed by atoms with E-state index < -0.39 is 0 Å². The van der Waals surface area contributed by atoms with Crippen molar-refractivity contribution in [2.24, 2.45) is 10.9 Å². The van der Waals surface area contributed by atoms with Crippen LogP contribution < -0.4 is 5.32 Å². The van der Waals surface area contributed by atoms with Crippen LogP contribution in [-0.4, -0.2) is 61.6 Å². The van der Waals surface area contributed by atoms with E-state index in [9.17, 15) is 0 Å². The van der Waals surface area contributed by atoms with E-state index in [-0.39, 0.29) is 24.0 Å². The van der Waals surface area contributed by atoms with Gasteiger partial charge in [-0.2, -0.15) is 0 Å². The highest BCUT2D eigenvalue weighted by molar-refractivity contribution is 14.0. The predicted octanol–water partition coefficient (Wildman–Crippen LogP) is 3.23. The molecule has 0 amide bonds. The average molecular weight is 456 g/mol. The fourth-order valence-electron chi connectivity index (χ4n) is 3.82. The average Bonchev–Trinajstić information content (AvgIpc) is 3.36. The van der Waals surface area contributed by atoms with Crippen LogP contribution in [0.4, 0.5) is 0 Å². The minimum atomic E-state index is 0. The first kappa shape index (κ1) is 20.5. The molecule has 1 aliphatic heterocycles. The number of nitrogens with zero attached hydrogens (tertiary/aromatic N) is 3. The van der Waals surface area contributed by atoms with Gasteiger partial charge in [-0.25, -0.2) is 0 Å². The Morgan fingerprint density at radius 1 is 1.24 bits per heavy atom. The Kier molecular flexibility index (Phi) is 8.49.